The topological polar surface area (TPSA) is 196 Å². The van der Waals surface area contributed by atoms with Gasteiger partial charge >= 0.3 is 24.2 Å². The minimum absolute atomic E-state index is 0.0343. The van der Waals surface area contributed by atoms with Gasteiger partial charge in [0.05, 0.1) is 12.5 Å². The van der Waals surface area contributed by atoms with Crippen molar-refractivity contribution < 1.29 is 48.0 Å². The van der Waals surface area contributed by atoms with Crippen molar-refractivity contribution in [3.8, 4) is 5.75 Å². The lowest BCUT2D eigenvalue weighted by Gasteiger charge is -2.18. The number of hydrogen-bond acceptors (Lipinski definition) is 10. The molecule has 0 aliphatic rings. The molecule has 0 aliphatic carbocycles. The van der Waals surface area contributed by atoms with Crippen LogP contribution in [-0.4, -0.2) is 52.3 Å². The third kappa shape index (κ3) is 9.16. The standard InChI is InChI=1S/C31H29N3O10/c32-24(28(37)34-26(15-27(35)36)29(38)44-31(40)42-18-20-9-5-2-6-10-20)13-21-16-33-25-12-11-22(14-23(21)25)43-30(39)41-17-19-7-3-1-4-8-19/h1-12,14,16,24,26,33H,13,15,17-18,32H2,(H,34,37)(H,35,36)/t24-,26-/m0/s1. The Hall–Kier alpha value is -5.69. The molecule has 2 atom stereocenters. The number of H-pyrrole nitrogens is 1. The molecule has 1 heterocycles. The number of nitrogens with two attached hydrogens (primary N) is 1. The number of esters is 1. The quantitative estimate of drug-likeness (QED) is 0.105. The minimum Gasteiger partial charge on any atom is -0.481 e. The third-order valence-corrected chi connectivity index (χ3v) is 6.28. The van der Waals surface area contributed by atoms with Crippen LogP contribution in [0.5, 0.6) is 5.75 Å². The molecule has 3 aromatic carbocycles. The summed E-state index contributed by atoms with van der Waals surface area (Å²) in [6.07, 6.45) is -1.55. The lowest BCUT2D eigenvalue weighted by atomic mass is 10.0. The molecule has 4 aromatic rings. The summed E-state index contributed by atoms with van der Waals surface area (Å²) in [5.41, 5.74) is 8.76. The van der Waals surface area contributed by atoms with Crippen molar-refractivity contribution in [2.45, 2.75) is 38.1 Å². The number of rotatable bonds is 12. The van der Waals surface area contributed by atoms with E-state index in [9.17, 15) is 29.1 Å². The number of hydrogen-bond donors (Lipinski definition) is 4. The molecule has 228 valence electrons. The van der Waals surface area contributed by atoms with E-state index in [1.807, 2.05) is 18.2 Å². The average molecular weight is 604 g/mol. The lowest BCUT2D eigenvalue weighted by Crippen LogP contribution is -2.50. The molecular formula is C31H29N3O10. The predicted molar refractivity (Wildman–Crippen MR) is 154 cm³/mol. The van der Waals surface area contributed by atoms with Crippen LogP contribution in [0.2, 0.25) is 0 Å². The van der Waals surface area contributed by atoms with E-state index < -0.39 is 48.7 Å². The summed E-state index contributed by atoms with van der Waals surface area (Å²) in [7, 11) is 0. The predicted octanol–water partition coefficient (Wildman–Crippen LogP) is 3.59. The van der Waals surface area contributed by atoms with Crippen LogP contribution >= 0.6 is 0 Å². The number of carboxylic acid groups (broad SMARTS) is 1. The van der Waals surface area contributed by atoms with Crippen molar-refractivity contribution in [3.63, 3.8) is 0 Å². The number of aromatic nitrogens is 1. The first-order chi connectivity index (χ1) is 21.2. The summed E-state index contributed by atoms with van der Waals surface area (Å²) >= 11 is 0. The molecule has 13 heteroatoms. The summed E-state index contributed by atoms with van der Waals surface area (Å²) < 4.78 is 19.9. The van der Waals surface area contributed by atoms with Gasteiger partial charge in [-0.15, -0.1) is 0 Å². The Kier molecular flexibility index (Phi) is 10.6. The molecule has 0 aliphatic heterocycles. The first-order valence-corrected chi connectivity index (χ1v) is 13.4. The summed E-state index contributed by atoms with van der Waals surface area (Å²) in [4.78, 5) is 63.9. The van der Waals surface area contributed by atoms with E-state index in [4.69, 9.17) is 19.9 Å². The molecule has 13 nitrogen and oxygen atoms in total. The van der Waals surface area contributed by atoms with Crippen LogP contribution in [0.4, 0.5) is 9.59 Å². The molecular weight excluding hydrogens is 574 g/mol. The van der Waals surface area contributed by atoms with Crippen LogP contribution in [0.3, 0.4) is 0 Å². The second-order valence-corrected chi connectivity index (χ2v) is 9.56. The van der Waals surface area contributed by atoms with Crippen molar-refractivity contribution in [1.82, 2.24) is 10.3 Å². The Morgan fingerprint density at radius 2 is 1.45 bits per heavy atom. The van der Waals surface area contributed by atoms with E-state index in [0.29, 0.717) is 22.0 Å². The normalized spacial score (nSPS) is 12.0. The Morgan fingerprint density at radius 1 is 0.841 bits per heavy atom. The summed E-state index contributed by atoms with van der Waals surface area (Å²) in [6.45, 7) is -0.146. The largest absolute Gasteiger partial charge is 0.516 e. The molecule has 0 bridgehead atoms. The molecule has 0 unspecified atom stereocenters. The number of ether oxygens (including phenoxy) is 4. The average Bonchev–Trinajstić information content (AvgIpc) is 3.41. The maximum absolute atomic E-state index is 12.9. The molecule has 0 spiro atoms. The van der Waals surface area contributed by atoms with Gasteiger partial charge in [-0.05, 0) is 41.3 Å². The van der Waals surface area contributed by atoms with E-state index >= 15 is 0 Å². The number of carbonyl (C=O) groups excluding carboxylic acids is 4. The van der Waals surface area contributed by atoms with Gasteiger partial charge in [-0.1, -0.05) is 60.7 Å². The van der Waals surface area contributed by atoms with Crippen LogP contribution in [0.1, 0.15) is 23.1 Å². The molecule has 1 amide bonds. The monoisotopic (exact) mass is 603 g/mol. The number of benzene rings is 3. The molecule has 1 aromatic heterocycles. The third-order valence-electron chi connectivity index (χ3n) is 6.28. The number of nitrogens with one attached hydrogen (secondary N) is 2. The fraction of sp³-hybridized carbons (Fsp3) is 0.194. The van der Waals surface area contributed by atoms with Crippen molar-refractivity contribution in [2.24, 2.45) is 5.73 Å². The molecule has 0 fully saturated rings. The second-order valence-electron chi connectivity index (χ2n) is 9.56. The van der Waals surface area contributed by atoms with Crippen molar-refractivity contribution >= 4 is 41.1 Å². The van der Waals surface area contributed by atoms with Crippen molar-refractivity contribution in [1.29, 1.82) is 0 Å². The Bertz CT molecular complexity index is 1620. The van der Waals surface area contributed by atoms with Gasteiger partial charge in [0.2, 0.25) is 5.91 Å². The zero-order valence-corrected chi connectivity index (χ0v) is 23.3. The van der Waals surface area contributed by atoms with Gasteiger partial charge in [0.1, 0.15) is 25.0 Å². The SMILES string of the molecule is N[C@@H](Cc1c[nH]c2ccc(OC(=O)OCc3ccccc3)cc12)C(=O)N[C@@H](CC(=O)O)C(=O)OC(=O)OCc1ccccc1. The molecule has 5 N–H and O–H groups in total. The first kappa shape index (κ1) is 31.3. The Morgan fingerprint density at radius 3 is 2.07 bits per heavy atom. The number of aromatic amines is 1. The molecule has 44 heavy (non-hydrogen) atoms. The fourth-order valence-corrected chi connectivity index (χ4v) is 4.11. The van der Waals surface area contributed by atoms with E-state index in [1.165, 1.54) is 0 Å². The fourth-order valence-electron chi connectivity index (χ4n) is 4.11. The van der Waals surface area contributed by atoms with Crippen molar-refractivity contribution in [3.05, 3.63) is 102 Å². The number of carboxylic acids is 1. The van der Waals surface area contributed by atoms with E-state index in [2.05, 4.69) is 15.0 Å². The minimum atomic E-state index is -1.71. The van der Waals surface area contributed by atoms with E-state index in [-0.39, 0.29) is 25.4 Å². The van der Waals surface area contributed by atoms with Crippen molar-refractivity contribution in [2.75, 3.05) is 0 Å². The second kappa shape index (κ2) is 15.0. The van der Waals surface area contributed by atoms with Gasteiger partial charge in [-0.3, -0.25) is 9.59 Å². The highest BCUT2D eigenvalue weighted by Gasteiger charge is 2.30. The zero-order chi connectivity index (χ0) is 31.5. The van der Waals surface area contributed by atoms with Crippen LogP contribution in [0.25, 0.3) is 10.9 Å². The number of fused-ring (bicyclic) bond motifs is 1. The van der Waals surface area contributed by atoms with Crippen LogP contribution in [0.15, 0.2) is 85.1 Å². The molecule has 0 saturated heterocycles. The summed E-state index contributed by atoms with van der Waals surface area (Å²) in [5, 5.41) is 12.1. The zero-order valence-electron chi connectivity index (χ0n) is 23.3. The molecule has 4 rings (SSSR count). The van der Waals surface area contributed by atoms with Gasteiger partial charge in [0.25, 0.3) is 0 Å². The molecule has 0 saturated carbocycles. The van der Waals surface area contributed by atoms with Gasteiger partial charge in [0, 0.05) is 17.1 Å². The van der Waals surface area contributed by atoms with Crippen LogP contribution in [-0.2, 0) is 48.2 Å². The van der Waals surface area contributed by atoms with Gasteiger partial charge in [-0.25, -0.2) is 14.4 Å². The Balaban J connectivity index is 1.33. The highest BCUT2D eigenvalue weighted by molar-refractivity contribution is 5.93. The first-order valence-electron chi connectivity index (χ1n) is 13.4. The highest BCUT2D eigenvalue weighted by Crippen LogP contribution is 2.25. The van der Waals surface area contributed by atoms with Gasteiger partial charge in [0.15, 0.2) is 0 Å². The molecule has 0 radical (unpaired) electrons. The lowest BCUT2D eigenvalue weighted by molar-refractivity contribution is -0.149. The highest BCUT2D eigenvalue weighted by atomic mass is 16.7. The number of carbonyl (C=O) groups is 5. The van der Waals surface area contributed by atoms with Crippen LogP contribution in [0, 0.1) is 0 Å². The van der Waals surface area contributed by atoms with E-state index in [0.717, 1.165) is 5.56 Å². The van der Waals surface area contributed by atoms with Crippen LogP contribution < -0.4 is 15.8 Å². The van der Waals surface area contributed by atoms with E-state index in [1.54, 1.807) is 66.9 Å². The van der Waals surface area contributed by atoms with Gasteiger partial charge in [-0.2, -0.15) is 0 Å². The maximum Gasteiger partial charge on any atom is 0.516 e. The summed E-state index contributed by atoms with van der Waals surface area (Å²) in [6, 6.07) is 19.5. The van der Waals surface area contributed by atoms with Gasteiger partial charge < -0.3 is 40.1 Å². The summed E-state index contributed by atoms with van der Waals surface area (Å²) in [5.74, 6) is -3.42. The Labute approximate surface area is 250 Å². The maximum atomic E-state index is 12.9. The number of aliphatic carboxylic acids is 1. The smallest absolute Gasteiger partial charge is 0.481 e. The number of amides is 1.